The van der Waals surface area contributed by atoms with Crippen molar-refractivity contribution in [3.05, 3.63) is 87.8 Å². The van der Waals surface area contributed by atoms with Gasteiger partial charge in [-0.3, -0.25) is 4.79 Å². The highest BCUT2D eigenvalue weighted by Crippen LogP contribution is 2.30. The zero-order chi connectivity index (χ0) is 20.4. The van der Waals surface area contributed by atoms with E-state index in [0.717, 1.165) is 0 Å². The number of para-hydroxylation sites is 2. The molecular formula is C22H16ClN3O3. The Hall–Kier alpha value is -3.64. The Kier molecular flexibility index (Phi) is 5.01. The fraction of sp³-hybridized carbons (Fsp3) is 0.0455. The lowest BCUT2D eigenvalue weighted by atomic mass is 10.1. The number of hydrogen-bond donors (Lipinski definition) is 1. The smallest absolute Gasteiger partial charge is 0.265 e. The standard InChI is InChI=1S/C22H16ClN3O3/c1-29-19-9-5-4-8-18(19)26-21(27)16-7-3-2-6-15(16)17(22(26)28)13-25-20-11-10-14(23)12-24-20/h2-13,28H,1H3. The van der Waals surface area contributed by atoms with Gasteiger partial charge in [0.15, 0.2) is 5.82 Å². The molecule has 0 aliphatic heterocycles. The molecule has 0 saturated heterocycles. The van der Waals surface area contributed by atoms with Gasteiger partial charge in [0, 0.05) is 23.2 Å². The van der Waals surface area contributed by atoms with Gasteiger partial charge in [-0.05, 0) is 30.3 Å². The number of aliphatic imine (C=N–C) groups is 1. The number of nitrogens with zero attached hydrogens (tertiary/aromatic N) is 3. The summed E-state index contributed by atoms with van der Waals surface area (Å²) in [7, 11) is 1.51. The van der Waals surface area contributed by atoms with E-state index in [1.165, 1.54) is 24.1 Å². The summed E-state index contributed by atoms with van der Waals surface area (Å²) >= 11 is 5.86. The topological polar surface area (TPSA) is 76.7 Å². The van der Waals surface area contributed by atoms with E-state index in [9.17, 15) is 9.90 Å². The lowest BCUT2D eigenvalue weighted by molar-refractivity contribution is 0.404. The van der Waals surface area contributed by atoms with Crippen molar-refractivity contribution in [3.8, 4) is 17.3 Å². The molecule has 0 saturated carbocycles. The lowest BCUT2D eigenvalue weighted by Gasteiger charge is -2.15. The van der Waals surface area contributed by atoms with Crippen molar-refractivity contribution >= 4 is 34.4 Å². The van der Waals surface area contributed by atoms with Gasteiger partial charge in [0.2, 0.25) is 5.88 Å². The maximum atomic E-state index is 13.2. The Bertz CT molecular complexity index is 1280. The second-order valence-corrected chi connectivity index (χ2v) is 6.62. The van der Waals surface area contributed by atoms with Crippen molar-refractivity contribution in [2.24, 2.45) is 4.99 Å². The van der Waals surface area contributed by atoms with Crippen LogP contribution in [0.1, 0.15) is 5.56 Å². The lowest BCUT2D eigenvalue weighted by Crippen LogP contribution is -2.20. The number of methoxy groups -OCH3 is 1. The van der Waals surface area contributed by atoms with Crippen LogP contribution in [-0.4, -0.2) is 28.0 Å². The molecule has 2 aromatic carbocycles. The van der Waals surface area contributed by atoms with Gasteiger partial charge in [-0.15, -0.1) is 0 Å². The average molecular weight is 406 g/mol. The first-order valence-corrected chi connectivity index (χ1v) is 9.13. The van der Waals surface area contributed by atoms with Gasteiger partial charge in [0.25, 0.3) is 5.56 Å². The maximum Gasteiger partial charge on any atom is 0.265 e. The molecule has 0 fully saturated rings. The van der Waals surface area contributed by atoms with Crippen LogP contribution in [0.3, 0.4) is 0 Å². The van der Waals surface area contributed by atoms with Crippen LogP contribution in [0.4, 0.5) is 5.82 Å². The summed E-state index contributed by atoms with van der Waals surface area (Å²) in [6, 6.07) is 17.4. The number of halogens is 1. The number of aromatic nitrogens is 2. The monoisotopic (exact) mass is 405 g/mol. The number of aromatic hydroxyl groups is 1. The molecule has 1 N–H and O–H groups in total. The van der Waals surface area contributed by atoms with Crippen molar-refractivity contribution in [1.82, 2.24) is 9.55 Å². The summed E-state index contributed by atoms with van der Waals surface area (Å²) in [5, 5.41) is 12.6. The Balaban J connectivity index is 1.99. The first-order valence-electron chi connectivity index (χ1n) is 8.76. The van der Waals surface area contributed by atoms with Crippen molar-refractivity contribution in [2.75, 3.05) is 7.11 Å². The molecule has 6 nitrogen and oxygen atoms in total. The minimum absolute atomic E-state index is 0.240. The largest absolute Gasteiger partial charge is 0.495 e. The van der Waals surface area contributed by atoms with Gasteiger partial charge in [0.05, 0.1) is 23.4 Å². The highest BCUT2D eigenvalue weighted by molar-refractivity contribution is 6.30. The van der Waals surface area contributed by atoms with Gasteiger partial charge < -0.3 is 9.84 Å². The summed E-state index contributed by atoms with van der Waals surface area (Å²) in [6.07, 6.45) is 2.97. The highest BCUT2D eigenvalue weighted by Gasteiger charge is 2.18. The fourth-order valence-corrected chi connectivity index (χ4v) is 3.21. The summed E-state index contributed by atoms with van der Waals surface area (Å²) in [6.45, 7) is 0. The molecule has 2 heterocycles. The third kappa shape index (κ3) is 3.46. The SMILES string of the molecule is COc1ccccc1-n1c(O)c(C=Nc2ccc(Cl)cn2)c2ccccc2c1=O. The highest BCUT2D eigenvalue weighted by atomic mass is 35.5. The molecule has 0 radical (unpaired) electrons. The van der Waals surface area contributed by atoms with Gasteiger partial charge in [-0.1, -0.05) is 41.9 Å². The first-order chi connectivity index (χ1) is 14.1. The van der Waals surface area contributed by atoms with Gasteiger partial charge in [-0.25, -0.2) is 14.5 Å². The van der Waals surface area contributed by atoms with Crippen molar-refractivity contribution in [3.63, 3.8) is 0 Å². The molecule has 0 aliphatic carbocycles. The third-order valence-electron chi connectivity index (χ3n) is 4.47. The van der Waals surface area contributed by atoms with Gasteiger partial charge in [-0.2, -0.15) is 0 Å². The molecular weight excluding hydrogens is 390 g/mol. The fourth-order valence-electron chi connectivity index (χ4n) is 3.10. The number of fused-ring (bicyclic) bond motifs is 1. The van der Waals surface area contributed by atoms with Crippen LogP contribution in [0, 0.1) is 0 Å². The van der Waals surface area contributed by atoms with Gasteiger partial charge in [0.1, 0.15) is 5.75 Å². The van der Waals surface area contributed by atoms with Crippen molar-refractivity contribution in [1.29, 1.82) is 0 Å². The van der Waals surface area contributed by atoms with Crippen LogP contribution >= 0.6 is 11.6 Å². The van der Waals surface area contributed by atoms with E-state index in [1.54, 1.807) is 60.7 Å². The minimum Gasteiger partial charge on any atom is -0.495 e. The number of ether oxygens (including phenoxy) is 1. The second-order valence-electron chi connectivity index (χ2n) is 6.19. The zero-order valence-corrected chi connectivity index (χ0v) is 16.2. The van der Waals surface area contributed by atoms with E-state index in [1.807, 2.05) is 0 Å². The van der Waals surface area contributed by atoms with E-state index >= 15 is 0 Å². The van der Waals surface area contributed by atoms with Crippen molar-refractivity contribution < 1.29 is 9.84 Å². The third-order valence-corrected chi connectivity index (χ3v) is 4.69. The molecule has 7 heteroatoms. The predicted octanol–water partition coefficient (Wildman–Crippen LogP) is 4.50. The van der Waals surface area contributed by atoms with Crippen LogP contribution in [-0.2, 0) is 0 Å². The molecule has 4 rings (SSSR count). The van der Waals surface area contributed by atoms with E-state index in [-0.39, 0.29) is 11.4 Å². The minimum atomic E-state index is -0.357. The zero-order valence-electron chi connectivity index (χ0n) is 15.4. The second kappa shape index (κ2) is 7.77. The number of hydrogen-bond acceptors (Lipinski definition) is 5. The summed E-state index contributed by atoms with van der Waals surface area (Å²) in [5.41, 5.74) is 0.467. The van der Waals surface area contributed by atoms with Crippen LogP contribution in [0.5, 0.6) is 11.6 Å². The molecule has 0 unspecified atom stereocenters. The Morgan fingerprint density at radius 1 is 1.07 bits per heavy atom. The van der Waals surface area contributed by atoms with E-state index in [4.69, 9.17) is 16.3 Å². The number of pyridine rings is 2. The maximum absolute atomic E-state index is 13.2. The van der Waals surface area contributed by atoms with Crippen LogP contribution in [0.25, 0.3) is 16.5 Å². The van der Waals surface area contributed by atoms with E-state index < -0.39 is 0 Å². The number of rotatable bonds is 4. The first kappa shape index (κ1) is 18.7. The Morgan fingerprint density at radius 2 is 1.79 bits per heavy atom. The average Bonchev–Trinajstić information content (AvgIpc) is 2.75. The van der Waals surface area contributed by atoms with Gasteiger partial charge >= 0.3 is 0 Å². The quantitative estimate of drug-likeness (QED) is 0.507. The Labute approximate surface area is 171 Å². The molecule has 0 atom stereocenters. The molecule has 0 aliphatic rings. The van der Waals surface area contributed by atoms with E-state index in [2.05, 4.69) is 9.98 Å². The summed E-state index contributed by atoms with van der Waals surface area (Å²) in [4.78, 5) is 21.6. The predicted molar refractivity (Wildman–Crippen MR) is 114 cm³/mol. The molecule has 4 aromatic rings. The summed E-state index contributed by atoms with van der Waals surface area (Å²) < 4.78 is 6.60. The molecule has 0 spiro atoms. The van der Waals surface area contributed by atoms with Crippen LogP contribution < -0.4 is 10.3 Å². The molecule has 0 amide bonds. The van der Waals surface area contributed by atoms with Crippen LogP contribution in [0.15, 0.2) is 76.6 Å². The molecule has 2 aromatic heterocycles. The molecule has 0 bridgehead atoms. The molecule has 144 valence electrons. The number of benzene rings is 2. The Morgan fingerprint density at radius 3 is 2.52 bits per heavy atom. The van der Waals surface area contributed by atoms with E-state index in [0.29, 0.717) is 38.6 Å². The molecule has 29 heavy (non-hydrogen) atoms. The van der Waals surface area contributed by atoms with Crippen molar-refractivity contribution in [2.45, 2.75) is 0 Å². The summed E-state index contributed by atoms with van der Waals surface area (Å²) in [5.74, 6) is 0.645. The normalized spacial score (nSPS) is 11.2. The van der Waals surface area contributed by atoms with Crippen LogP contribution in [0.2, 0.25) is 5.02 Å².